The molecule has 5 heteroatoms. The Morgan fingerprint density at radius 1 is 1.19 bits per heavy atom. The molecule has 0 aliphatic rings. The quantitative estimate of drug-likeness (QED) is 0.898. The van der Waals surface area contributed by atoms with E-state index >= 15 is 0 Å². The molecular formula is C16H20ClNO2S. The van der Waals surface area contributed by atoms with E-state index < -0.39 is 10.8 Å². The van der Waals surface area contributed by atoms with Crippen molar-refractivity contribution in [3.05, 3.63) is 52.9 Å². The molecular weight excluding hydrogens is 306 g/mol. The van der Waals surface area contributed by atoms with Crippen LogP contribution in [0.15, 0.2) is 45.7 Å². The van der Waals surface area contributed by atoms with Crippen molar-refractivity contribution in [2.24, 2.45) is 0 Å². The molecule has 0 saturated heterocycles. The van der Waals surface area contributed by atoms with Crippen LogP contribution in [0.2, 0.25) is 5.02 Å². The fourth-order valence-electron chi connectivity index (χ4n) is 1.77. The number of rotatable bonds is 5. The van der Waals surface area contributed by atoms with Crippen molar-refractivity contribution in [1.82, 2.24) is 5.32 Å². The molecule has 0 bridgehead atoms. The molecule has 0 saturated carbocycles. The van der Waals surface area contributed by atoms with E-state index in [2.05, 4.69) is 26.1 Å². The SMILES string of the molecule is CC(C)(C)NCc1ccc(CS(=O)c2cccc(Cl)c2)o1. The minimum Gasteiger partial charge on any atom is -0.464 e. The second kappa shape index (κ2) is 6.77. The largest absolute Gasteiger partial charge is 0.464 e. The maximum atomic E-state index is 12.3. The summed E-state index contributed by atoms with van der Waals surface area (Å²) in [4.78, 5) is 0.716. The van der Waals surface area contributed by atoms with E-state index in [9.17, 15) is 4.21 Å². The Balaban J connectivity index is 1.97. The molecule has 1 atom stereocenters. The fourth-order valence-corrected chi connectivity index (χ4v) is 3.09. The van der Waals surface area contributed by atoms with Gasteiger partial charge in [0.05, 0.1) is 23.1 Å². The Labute approximate surface area is 133 Å². The summed E-state index contributed by atoms with van der Waals surface area (Å²) in [6.45, 7) is 6.97. The van der Waals surface area contributed by atoms with Crippen molar-refractivity contribution >= 4 is 22.4 Å². The molecule has 1 heterocycles. The molecule has 21 heavy (non-hydrogen) atoms. The summed E-state index contributed by atoms with van der Waals surface area (Å²) < 4.78 is 18.0. The Morgan fingerprint density at radius 3 is 2.57 bits per heavy atom. The van der Waals surface area contributed by atoms with Crippen LogP contribution < -0.4 is 5.32 Å². The van der Waals surface area contributed by atoms with Crippen LogP contribution >= 0.6 is 11.6 Å². The molecule has 0 aliphatic heterocycles. The van der Waals surface area contributed by atoms with Crippen molar-refractivity contribution in [3.8, 4) is 0 Å². The zero-order valence-electron chi connectivity index (χ0n) is 12.5. The van der Waals surface area contributed by atoms with Crippen LogP contribution in [0, 0.1) is 0 Å². The predicted octanol–water partition coefficient (Wildman–Crippen LogP) is 4.13. The van der Waals surface area contributed by atoms with Crippen molar-refractivity contribution < 1.29 is 8.63 Å². The standard InChI is InChI=1S/C16H20ClNO2S/c1-16(2,3)18-10-13-7-8-14(20-13)11-21(19)15-6-4-5-12(17)9-15/h4-9,18H,10-11H2,1-3H3. The van der Waals surface area contributed by atoms with Gasteiger partial charge in [-0.3, -0.25) is 4.21 Å². The van der Waals surface area contributed by atoms with E-state index in [0.717, 1.165) is 11.5 Å². The van der Waals surface area contributed by atoms with E-state index in [0.29, 0.717) is 22.2 Å². The Bertz CT molecular complexity index is 631. The lowest BCUT2D eigenvalue weighted by atomic mass is 10.1. The first-order chi connectivity index (χ1) is 9.83. The number of benzene rings is 1. The third-order valence-corrected chi connectivity index (χ3v) is 4.40. The van der Waals surface area contributed by atoms with Crippen LogP contribution in [0.1, 0.15) is 32.3 Å². The van der Waals surface area contributed by atoms with E-state index in [4.69, 9.17) is 16.0 Å². The summed E-state index contributed by atoms with van der Waals surface area (Å²) in [6.07, 6.45) is 0. The molecule has 1 unspecified atom stereocenters. The van der Waals surface area contributed by atoms with Crippen molar-refractivity contribution in [1.29, 1.82) is 0 Å². The molecule has 2 rings (SSSR count). The molecule has 114 valence electrons. The van der Waals surface area contributed by atoms with Gasteiger partial charge in [-0.1, -0.05) is 17.7 Å². The monoisotopic (exact) mass is 325 g/mol. The average Bonchev–Trinajstić information content (AvgIpc) is 2.83. The Hall–Kier alpha value is -1.10. The Kier molecular flexibility index (Phi) is 5.25. The third-order valence-electron chi connectivity index (χ3n) is 2.84. The number of nitrogens with one attached hydrogen (secondary N) is 1. The van der Waals surface area contributed by atoms with Crippen molar-refractivity contribution in [2.45, 2.75) is 43.5 Å². The first-order valence-electron chi connectivity index (χ1n) is 6.80. The van der Waals surface area contributed by atoms with E-state index in [1.165, 1.54) is 0 Å². The third kappa shape index (κ3) is 5.30. The van der Waals surface area contributed by atoms with Crippen molar-refractivity contribution in [3.63, 3.8) is 0 Å². The highest BCUT2D eigenvalue weighted by Gasteiger charge is 2.12. The van der Waals surface area contributed by atoms with E-state index in [1.54, 1.807) is 18.2 Å². The van der Waals surface area contributed by atoms with Gasteiger partial charge in [-0.2, -0.15) is 0 Å². The molecule has 2 aromatic rings. The highest BCUT2D eigenvalue weighted by atomic mass is 35.5. The van der Waals surface area contributed by atoms with Gasteiger partial charge in [0.15, 0.2) is 0 Å². The van der Waals surface area contributed by atoms with E-state index in [-0.39, 0.29) is 5.54 Å². The normalized spacial score (nSPS) is 13.3. The number of furan rings is 1. The van der Waals surface area contributed by atoms with Crippen LogP contribution in [0.25, 0.3) is 0 Å². The lowest BCUT2D eigenvalue weighted by Crippen LogP contribution is -2.34. The first-order valence-corrected chi connectivity index (χ1v) is 8.50. The smallest absolute Gasteiger partial charge is 0.118 e. The van der Waals surface area contributed by atoms with Gasteiger partial charge in [0.25, 0.3) is 0 Å². The maximum Gasteiger partial charge on any atom is 0.118 e. The lowest BCUT2D eigenvalue weighted by molar-refractivity contribution is 0.382. The van der Waals surface area contributed by atoms with Crippen LogP contribution in [-0.2, 0) is 23.1 Å². The fraction of sp³-hybridized carbons (Fsp3) is 0.375. The maximum absolute atomic E-state index is 12.3. The summed E-state index contributed by atoms with van der Waals surface area (Å²) in [7, 11) is -1.15. The predicted molar refractivity (Wildman–Crippen MR) is 86.9 cm³/mol. The molecule has 0 spiro atoms. The lowest BCUT2D eigenvalue weighted by Gasteiger charge is -2.19. The summed E-state index contributed by atoms with van der Waals surface area (Å²) in [5, 5.41) is 3.95. The van der Waals surface area contributed by atoms with Gasteiger partial charge < -0.3 is 9.73 Å². The molecule has 1 aromatic heterocycles. The number of halogens is 1. The first kappa shape index (κ1) is 16.3. The summed E-state index contributed by atoms with van der Waals surface area (Å²) in [5.41, 5.74) is 0.0383. The van der Waals surface area contributed by atoms with Gasteiger partial charge in [0.2, 0.25) is 0 Å². The van der Waals surface area contributed by atoms with Gasteiger partial charge in [-0.25, -0.2) is 0 Å². The minimum absolute atomic E-state index is 0.0383. The van der Waals surface area contributed by atoms with Gasteiger partial charge in [0.1, 0.15) is 11.5 Å². The molecule has 0 amide bonds. The second-order valence-corrected chi connectivity index (χ2v) is 7.81. The minimum atomic E-state index is -1.15. The van der Waals surface area contributed by atoms with E-state index in [1.807, 2.05) is 18.2 Å². The molecule has 0 fully saturated rings. The van der Waals surface area contributed by atoms with Crippen LogP contribution in [0.3, 0.4) is 0 Å². The number of hydrogen-bond acceptors (Lipinski definition) is 3. The van der Waals surface area contributed by atoms with Gasteiger partial charge in [-0.15, -0.1) is 0 Å². The van der Waals surface area contributed by atoms with Crippen LogP contribution in [0.5, 0.6) is 0 Å². The zero-order valence-corrected chi connectivity index (χ0v) is 14.1. The summed E-state index contributed by atoms with van der Waals surface area (Å²) in [5.74, 6) is 1.93. The molecule has 0 aliphatic carbocycles. The van der Waals surface area contributed by atoms with Gasteiger partial charge >= 0.3 is 0 Å². The molecule has 1 N–H and O–H groups in total. The second-order valence-electron chi connectivity index (χ2n) is 5.92. The topological polar surface area (TPSA) is 42.2 Å². The molecule has 3 nitrogen and oxygen atoms in total. The summed E-state index contributed by atoms with van der Waals surface area (Å²) in [6, 6.07) is 10.9. The zero-order chi connectivity index (χ0) is 15.5. The van der Waals surface area contributed by atoms with Gasteiger partial charge in [0, 0.05) is 15.5 Å². The molecule has 0 radical (unpaired) electrons. The summed E-state index contributed by atoms with van der Waals surface area (Å²) >= 11 is 5.91. The Morgan fingerprint density at radius 2 is 1.90 bits per heavy atom. The van der Waals surface area contributed by atoms with Crippen LogP contribution in [0.4, 0.5) is 0 Å². The average molecular weight is 326 g/mol. The molecule has 1 aromatic carbocycles. The van der Waals surface area contributed by atoms with Crippen molar-refractivity contribution in [2.75, 3.05) is 0 Å². The highest BCUT2D eigenvalue weighted by Crippen LogP contribution is 2.18. The highest BCUT2D eigenvalue weighted by molar-refractivity contribution is 7.84. The van der Waals surface area contributed by atoms with Gasteiger partial charge in [-0.05, 0) is 51.1 Å². The number of hydrogen-bond donors (Lipinski definition) is 1. The van der Waals surface area contributed by atoms with Crippen LogP contribution in [-0.4, -0.2) is 9.75 Å².